The van der Waals surface area contributed by atoms with E-state index in [0.717, 1.165) is 19.4 Å². The number of halogens is 4. The zero-order valence-electron chi connectivity index (χ0n) is 10.0. The molecule has 3 nitrogen and oxygen atoms in total. The summed E-state index contributed by atoms with van der Waals surface area (Å²) < 4.78 is 37.8. The topological polar surface area (TPSA) is 32.3 Å². The third-order valence-corrected chi connectivity index (χ3v) is 3.55. The minimum absolute atomic E-state index is 0. The molecule has 0 bridgehead atoms. The second-order valence-electron chi connectivity index (χ2n) is 4.81. The fourth-order valence-electron chi connectivity index (χ4n) is 2.56. The van der Waals surface area contributed by atoms with Gasteiger partial charge in [0, 0.05) is 13.1 Å². The van der Waals surface area contributed by atoms with Crippen LogP contribution in [0.5, 0.6) is 0 Å². The highest BCUT2D eigenvalue weighted by Crippen LogP contribution is 2.33. The number of alkyl halides is 3. The molecule has 2 aliphatic rings. The highest BCUT2D eigenvalue weighted by Gasteiger charge is 2.43. The fourth-order valence-corrected chi connectivity index (χ4v) is 2.56. The molecule has 106 valence electrons. The lowest BCUT2D eigenvalue weighted by atomic mass is 9.97. The largest absolute Gasteiger partial charge is 0.393 e. The van der Waals surface area contributed by atoms with E-state index in [1.165, 1.54) is 4.90 Å². The zero-order chi connectivity index (χ0) is 12.5. The number of nitrogens with one attached hydrogen (secondary N) is 1. The van der Waals surface area contributed by atoms with Crippen LogP contribution in [-0.2, 0) is 4.79 Å². The number of carbonyl (C=O) groups excluding carboxylic acids is 1. The van der Waals surface area contributed by atoms with Crippen molar-refractivity contribution >= 4 is 18.3 Å². The van der Waals surface area contributed by atoms with Crippen LogP contribution in [-0.4, -0.2) is 42.7 Å². The molecule has 2 rings (SSSR count). The fraction of sp³-hybridized carbons (Fsp3) is 0.909. The number of hydrogen-bond donors (Lipinski definition) is 1. The van der Waals surface area contributed by atoms with Crippen LogP contribution in [0.2, 0.25) is 0 Å². The Balaban J connectivity index is 0.00000162. The van der Waals surface area contributed by atoms with Crippen LogP contribution in [0.4, 0.5) is 13.2 Å². The van der Waals surface area contributed by atoms with E-state index in [4.69, 9.17) is 0 Å². The summed E-state index contributed by atoms with van der Waals surface area (Å²) in [6.07, 6.45) is -1.92. The highest BCUT2D eigenvalue weighted by atomic mass is 35.5. The molecule has 0 aliphatic carbocycles. The summed E-state index contributed by atoms with van der Waals surface area (Å²) in [7, 11) is 0. The number of piperidine rings is 1. The molecule has 2 saturated heterocycles. The SMILES string of the molecule is Cl.O=C(C1CCCN1)N1CCCC(C(F)(F)F)C1. The van der Waals surface area contributed by atoms with Crippen LogP contribution < -0.4 is 5.32 Å². The molecule has 2 atom stereocenters. The number of likely N-dealkylation sites (tertiary alicyclic amines) is 1. The average Bonchev–Trinajstić information content (AvgIpc) is 2.80. The van der Waals surface area contributed by atoms with Gasteiger partial charge in [-0.2, -0.15) is 13.2 Å². The molecule has 0 aromatic carbocycles. The van der Waals surface area contributed by atoms with Crippen LogP contribution in [0.15, 0.2) is 0 Å². The zero-order valence-corrected chi connectivity index (χ0v) is 10.8. The molecule has 7 heteroatoms. The monoisotopic (exact) mass is 286 g/mol. The van der Waals surface area contributed by atoms with Crippen molar-refractivity contribution in [3.05, 3.63) is 0 Å². The maximum absolute atomic E-state index is 12.6. The van der Waals surface area contributed by atoms with Crippen LogP contribution in [0.3, 0.4) is 0 Å². The van der Waals surface area contributed by atoms with E-state index in [9.17, 15) is 18.0 Å². The maximum atomic E-state index is 12.6. The highest BCUT2D eigenvalue weighted by molar-refractivity contribution is 5.85. The molecule has 0 spiro atoms. The molecule has 0 aromatic heterocycles. The summed E-state index contributed by atoms with van der Waals surface area (Å²) in [4.78, 5) is 13.3. The molecule has 2 heterocycles. The number of carbonyl (C=O) groups is 1. The molecular weight excluding hydrogens is 269 g/mol. The normalized spacial score (nSPS) is 28.9. The molecule has 0 aromatic rings. The van der Waals surface area contributed by atoms with Crippen LogP contribution in [0.25, 0.3) is 0 Å². The lowest BCUT2D eigenvalue weighted by molar-refractivity contribution is -0.188. The Bertz CT molecular complexity index is 293. The minimum atomic E-state index is -4.18. The summed E-state index contributed by atoms with van der Waals surface area (Å²) in [5.41, 5.74) is 0. The standard InChI is InChI=1S/C11H17F3N2O.ClH/c12-11(13,14)8-3-2-6-16(7-8)10(17)9-4-1-5-15-9;/h8-9,15H,1-7H2;1H. The van der Waals surface area contributed by atoms with Gasteiger partial charge in [-0.1, -0.05) is 0 Å². The van der Waals surface area contributed by atoms with Gasteiger partial charge in [-0.15, -0.1) is 12.4 Å². The Hall–Kier alpha value is -0.490. The molecule has 1 amide bonds. The second-order valence-corrected chi connectivity index (χ2v) is 4.81. The van der Waals surface area contributed by atoms with E-state index in [-0.39, 0.29) is 37.3 Å². The lowest BCUT2D eigenvalue weighted by Crippen LogP contribution is -2.50. The smallest absolute Gasteiger partial charge is 0.341 e. The van der Waals surface area contributed by atoms with Gasteiger partial charge < -0.3 is 10.2 Å². The first-order valence-corrected chi connectivity index (χ1v) is 6.07. The van der Waals surface area contributed by atoms with Crippen molar-refractivity contribution in [3.8, 4) is 0 Å². The average molecular weight is 287 g/mol. The maximum Gasteiger partial charge on any atom is 0.393 e. The molecule has 0 saturated carbocycles. The van der Waals surface area contributed by atoms with Gasteiger partial charge in [0.25, 0.3) is 0 Å². The van der Waals surface area contributed by atoms with E-state index in [0.29, 0.717) is 13.0 Å². The van der Waals surface area contributed by atoms with E-state index >= 15 is 0 Å². The lowest BCUT2D eigenvalue weighted by Gasteiger charge is -2.35. The van der Waals surface area contributed by atoms with Gasteiger partial charge in [0.05, 0.1) is 12.0 Å². The second kappa shape index (κ2) is 6.10. The van der Waals surface area contributed by atoms with Crippen molar-refractivity contribution in [1.82, 2.24) is 10.2 Å². The first-order chi connectivity index (χ1) is 7.98. The number of rotatable bonds is 1. The summed E-state index contributed by atoms with van der Waals surface area (Å²) >= 11 is 0. The third-order valence-electron chi connectivity index (χ3n) is 3.55. The first kappa shape index (κ1) is 15.6. The molecule has 18 heavy (non-hydrogen) atoms. The number of hydrogen-bond acceptors (Lipinski definition) is 2. The molecule has 1 N–H and O–H groups in total. The van der Waals surface area contributed by atoms with Crippen molar-refractivity contribution in [2.45, 2.75) is 37.9 Å². The van der Waals surface area contributed by atoms with Crippen LogP contribution in [0, 0.1) is 5.92 Å². The van der Waals surface area contributed by atoms with Crippen LogP contribution >= 0.6 is 12.4 Å². The molecule has 2 aliphatic heterocycles. The van der Waals surface area contributed by atoms with Crippen molar-refractivity contribution in [2.24, 2.45) is 5.92 Å². The minimum Gasteiger partial charge on any atom is -0.341 e. The Kier molecular flexibility index (Phi) is 5.28. The van der Waals surface area contributed by atoms with Gasteiger partial charge in [0.2, 0.25) is 5.91 Å². The molecule has 2 fully saturated rings. The third kappa shape index (κ3) is 3.51. The predicted molar refractivity (Wildman–Crippen MR) is 63.6 cm³/mol. The first-order valence-electron chi connectivity index (χ1n) is 6.07. The molecule has 2 unspecified atom stereocenters. The van der Waals surface area contributed by atoms with Gasteiger partial charge >= 0.3 is 6.18 Å². The van der Waals surface area contributed by atoms with Gasteiger partial charge in [-0.3, -0.25) is 4.79 Å². The summed E-state index contributed by atoms with van der Waals surface area (Å²) in [6, 6.07) is -0.262. The van der Waals surface area contributed by atoms with Crippen molar-refractivity contribution in [2.75, 3.05) is 19.6 Å². The van der Waals surface area contributed by atoms with Crippen LogP contribution in [0.1, 0.15) is 25.7 Å². The Morgan fingerprint density at radius 3 is 2.50 bits per heavy atom. The van der Waals surface area contributed by atoms with E-state index in [1.54, 1.807) is 0 Å². The van der Waals surface area contributed by atoms with Gasteiger partial charge in [0.1, 0.15) is 0 Å². The van der Waals surface area contributed by atoms with E-state index in [1.807, 2.05) is 0 Å². The van der Waals surface area contributed by atoms with Crippen molar-refractivity contribution in [3.63, 3.8) is 0 Å². The van der Waals surface area contributed by atoms with Gasteiger partial charge in [-0.05, 0) is 32.2 Å². The van der Waals surface area contributed by atoms with E-state index in [2.05, 4.69) is 5.32 Å². The Morgan fingerprint density at radius 2 is 1.94 bits per heavy atom. The van der Waals surface area contributed by atoms with Gasteiger partial charge in [-0.25, -0.2) is 0 Å². The molecular formula is C11H18ClF3N2O. The number of amides is 1. The summed E-state index contributed by atoms with van der Waals surface area (Å²) in [5.74, 6) is -1.50. The number of nitrogens with zero attached hydrogens (tertiary/aromatic N) is 1. The quantitative estimate of drug-likeness (QED) is 0.799. The Labute approximate surface area is 110 Å². The van der Waals surface area contributed by atoms with Crippen molar-refractivity contribution < 1.29 is 18.0 Å². The predicted octanol–water partition coefficient (Wildman–Crippen LogP) is 1.96. The molecule has 0 radical (unpaired) electrons. The Morgan fingerprint density at radius 1 is 1.22 bits per heavy atom. The summed E-state index contributed by atoms with van der Waals surface area (Å²) in [5, 5.41) is 3.03. The van der Waals surface area contributed by atoms with E-state index < -0.39 is 12.1 Å². The summed E-state index contributed by atoms with van der Waals surface area (Å²) in [6.45, 7) is 1.08. The van der Waals surface area contributed by atoms with Crippen molar-refractivity contribution in [1.29, 1.82) is 0 Å². The van der Waals surface area contributed by atoms with Gasteiger partial charge in [0.15, 0.2) is 0 Å².